The van der Waals surface area contributed by atoms with Gasteiger partial charge in [-0.3, -0.25) is 0 Å². The Morgan fingerprint density at radius 3 is 0.605 bits per heavy atom. The van der Waals surface area contributed by atoms with Gasteiger partial charge in [0.15, 0.2) is 0 Å². The van der Waals surface area contributed by atoms with Crippen molar-refractivity contribution in [3.8, 4) is 100 Å². The molecule has 0 saturated carbocycles. The summed E-state index contributed by atoms with van der Waals surface area (Å²) in [4.78, 5) is 6.95. The molecule has 3 N–H and O–H groups in total. The predicted molar refractivity (Wildman–Crippen MR) is 624 cm³/mol. The highest BCUT2D eigenvalue weighted by Gasteiger charge is 2.22. The molecule has 147 heavy (non-hydrogen) atoms. The summed E-state index contributed by atoms with van der Waals surface area (Å²) in [5, 5.41) is 17.6. The summed E-state index contributed by atoms with van der Waals surface area (Å²) in [6.45, 7) is 0. The molecule has 0 amide bonds. The lowest BCUT2D eigenvalue weighted by Gasteiger charge is -2.26. The summed E-state index contributed by atoms with van der Waals surface area (Å²) >= 11 is 0. The molecular weight excluding hydrogens is 1780 g/mol. The molecule has 0 aliphatic heterocycles. The van der Waals surface area contributed by atoms with E-state index in [0.717, 1.165) is 130 Å². The number of hydrogen-bond donors (Lipinski definition) is 3. The Kier molecular flexibility index (Phi) is 26.6. The summed E-state index contributed by atoms with van der Waals surface area (Å²) in [5.74, 6) is 0. The first kappa shape index (κ1) is 91.2. The van der Waals surface area contributed by atoms with Crippen LogP contribution in [0.15, 0.2) is 605 Å². The Morgan fingerprint density at radius 2 is 0.313 bits per heavy atom. The van der Waals surface area contributed by atoms with Gasteiger partial charge in [-0.2, -0.15) is 0 Å². The normalized spacial score (nSPS) is 11.0. The third-order valence-corrected chi connectivity index (χ3v) is 27.0. The van der Waals surface area contributed by atoms with E-state index < -0.39 is 0 Å². The van der Waals surface area contributed by atoms with E-state index in [-0.39, 0.29) is 0 Å². The Bertz CT molecular complexity index is 8670. The van der Waals surface area contributed by atoms with Crippen LogP contribution in [-0.4, -0.2) is 0 Å². The molecule has 7 nitrogen and oxygen atoms in total. The van der Waals surface area contributed by atoms with Gasteiger partial charge < -0.3 is 35.1 Å². The smallest absolute Gasteiger partial charge is 0.137 e. The van der Waals surface area contributed by atoms with Gasteiger partial charge in [0.25, 0.3) is 0 Å². The fourth-order valence-corrected chi connectivity index (χ4v) is 19.5. The third kappa shape index (κ3) is 21.1. The van der Waals surface area contributed by atoms with E-state index >= 15 is 0 Å². The fraction of sp³-hybridized carbons (Fsp3) is 0. The summed E-state index contributed by atoms with van der Waals surface area (Å²) in [6, 6.07) is 213. The standard InChI is InChI=1S/C58H40N2O.C46H34N2.C36H28N2/c1-4-14-41(15-5-1)46-36-47(43-24-29-51(30-25-43)59(49-18-6-2-7-19-49)53-33-28-42-16-10-11-17-45(42)39-53)38-48(37-46)44-26-31-52(32-27-44)60(50-20-8-3-9-21-50)54-34-35-56-55-22-12-13-23-57(55)61-58(56)40-54;1-4-12-34(13-5-1)39-30-40(36-20-25-43(26-21-36)47-42-16-6-2-7-17-42)32-41(31-39)37-22-27-45(28-23-37)48(44-18-8-3-9-19-44)46-29-24-35-14-10-11-15-38(35)33-46;1-4-10-27(11-5-1)30-24-31(28-16-20-35(21-17-28)37-33-12-6-2-7-13-33)26-32(25-30)29-18-22-36(23-19-29)38-34-14-8-3-9-15-34/h1-40H;1-33,47H;1-26,37-38H. The minimum absolute atomic E-state index is 0.871. The second-order valence-electron chi connectivity index (χ2n) is 36.7. The third-order valence-electron chi connectivity index (χ3n) is 27.0. The number of furan rings is 1. The molecule has 698 valence electrons. The van der Waals surface area contributed by atoms with Crippen molar-refractivity contribution in [3.05, 3.63) is 601 Å². The number of para-hydroxylation sites is 7. The fourth-order valence-electron chi connectivity index (χ4n) is 19.5. The van der Waals surface area contributed by atoms with Crippen molar-refractivity contribution < 1.29 is 4.42 Å². The van der Waals surface area contributed by atoms with Crippen LogP contribution < -0.4 is 30.7 Å². The number of fused-ring (bicyclic) bond motifs is 5. The zero-order valence-corrected chi connectivity index (χ0v) is 80.9. The van der Waals surface area contributed by atoms with Crippen molar-refractivity contribution in [2.75, 3.05) is 30.7 Å². The van der Waals surface area contributed by atoms with Gasteiger partial charge in [-0.1, -0.05) is 352 Å². The van der Waals surface area contributed by atoms with Gasteiger partial charge in [0.2, 0.25) is 0 Å². The molecule has 0 radical (unpaired) electrons. The number of nitrogens with one attached hydrogen (secondary N) is 3. The van der Waals surface area contributed by atoms with Gasteiger partial charge in [0.1, 0.15) is 11.2 Å². The highest BCUT2D eigenvalue weighted by Crippen LogP contribution is 2.46. The minimum atomic E-state index is 0.871. The van der Waals surface area contributed by atoms with E-state index in [0.29, 0.717) is 0 Å². The van der Waals surface area contributed by atoms with Crippen LogP contribution in [0.25, 0.3) is 144 Å². The molecule has 0 atom stereocenters. The van der Waals surface area contributed by atoms with Gasteiger partial charge in [-0.15, -0.1) is 0 Å². The molecule has 0 saturated heterocycles. The number of hydrogen-bond acceptors (Lipinski definition) is 7. The molecular formula is C140H102N6O. The quantitative estimate of drug-likeness (QED) is 0.0557. The first-order valence-electron chi connectivity index (χ1n) is 49.9. The van der Waals surface area contributed by atoms with Crippen LogP contribution in [0.2, 0.25) is 0 Å². The van der Waals surface area contributed by atoms with Crippen molar-refractivity contribution in [1.29, 1.82) is 0 Å². The van der Waals surface area contributed by atoms with Gasteiger partial charge in [0.05, 0.1) is 0 Å². The van der Waals surface area contributed by atoms with Gasteiger partial charge >= 0.3 is 0 Å². The second-order valence-corrected chi connectivity index (χ2v) is 36.7. The molecule has 0 spiro atoms. The summed E-state index contributed by atoms with van der Waals surface area (Å²) in [7, 11) is 0. The van der Waals surface area contributed by atoms with E-state index in [4.69, 9.17) is 4.42 Å². The molecule has 0 aliphatic rings. The Balaban J connectivity index is 0.000000125. The van der Waals surface area contributed by atoms with Crippen LogP contribution in [0.5, 0.6) is 0 Å². The molecule has 25 rings (SSSR count). The lowest BCUT2D eigenvalue weighted by Crippen LogP contribution is -2.09. The average molecular weight is 1880 g/mol. The van der Waals surface area contributed by atoms with Crippen molar-refractivity contribution >= 4 is 129 Å². The van der Waals surface area contributed by atoms with Crippen LogP contribution in [-0.2, 0) is 0 Å². The number of anilines is 15. The second kappa shape index (κ2) is 42.8. The van der Waals surface area contributed by atoms with Gasteiger partial charge in [0, 0.05) is 102 Å². The Morgan fingerprint density at radius 1 is 0.116 bits per heavy atom. The van der Waals surface area contributed by atoms with E-state index in [1.807, 2.05) is 66.7 Å². The molecule has 0 aliphatic carbocycles. The summed E-state index contributed by atoms with van der Waals surface area (Å²) in [5.41, 5.74) is 39.4. The summed E-state index contributed by atoms with van der Waals surface area (Å²) in [6.07, 6.45) is 0. The summed E-state index contributed by atoms with van der Waals surface area (Å²) < 4.78 is 6.33. The van der Waals surface area contributed by atoms with Crippen LogP contribution in [0, 0.1) is 0 Å². The van der Waals surface area contributed by atoms with E-state index in [2.05, 4.69) is 564 Å². The average Bonchev–Trinajstić information content (AvgIpc) is 1.69. The van der Waals surface area contributed by atoms with E-state index in [9.17, 15) is 0 Å². The lowest BCUT2D eigenvalue weighted by atomic mass is 9.93. The Labute approximate surface area is 858 Å². The molecule has 25 aromatic rings. The SMILES string of the molecule is c1ccc(-c2cc(-c3ccc(N(c4ccccc4)c4ccc5ccccc5c4)cc3)cc(-c3ccc(N(c4ccccc4)c4ccc5c(c4)oc4ccccc45)cc3)c2)cc1.c1ccc(Nc2ccc(-c3cc(-c4ccccc4)cc(-c4ccc(N(c5ccccc5)c5ccc6ccccc6c5)cc4)c3)cc2)cc1.c1ccc(Nc2ccc(-c3cc(-c4ccccc4)cc(-c4ccc(Nc5ccccc5)cc4)c3)cc2)cc1. The molecule has 7 heteroatoms. The van der Waals surface area contributed by atoms with E-state index in [1.54, 1.807) is 0 Å². The van der Waals surface area contributed by atoms with Crippen LogP contribution in [0.3, 0.4) is 0 Å². The number of rotatable bonds is 24. The first-order valence-corrected chi connectivity index (χ1v) is 49.9. The molecule has 24 aromatic carbocycles. The van der Waals surface area contributed by atoms with Gasteiger partial charge in [-0.05, 0) is 364 Å². The van der Waals surface area contributed by atoms with Crippen molar-refractivity contribution in [1.82, 2.24) is 0 Å². The molecule has 0 bridgehead atoms. The maximum absolute atomic E-state index is 6.33. The highest BCUT2D eigenvalue weighted by atomic mass is 16.3. The molecule has 0 fully saturated rings. The molecule has 0 unspecified atom stereocenters. The van der Waals surface area contributed by atoms with Crippen LogP contribution in [0.4, 0.5) is 85.3 Å². The van der Waals surface area contributed by atoms with Crippen LogP contribution >= 0.6 is 0 Å². The maximum atomic E-state index is 6.33. The van der Waals surface area contributed by atoms with Gasteiger partial charge in [-0.25, -0.2) is 0 Å². The monoisotopic (exact) mass is 1880 g/mol. The first-order chi connectivity index (χ1) is 72.8. The van der Waals surface area contributed by atoms with Crippen molar-refractivity contribution in [2.45, 2.75) is 0 Å². The van der Waals surface area contributed by atoms with E-state index in [1.165, 1.54) is 99.4 Å². The maximum Gasteiger partial charge on any atom is 0.137 e. The predicted octanol–water partition coefficient (Wildman–Crippen LogP) is 39.9. The highest BCUT2D eigenvalue weighted by molar-refractivity contribution is 6.06. The van der Waals surface area contributed by atoms with Crippen LogP contribution in [0.1, 0.15) is 0 Å². The lowest BCUT2D eigenvalue weighted by molar-refractivity contribution is 0.669. The largest absolute Gasteiger partial charge is 0.456 e. The van der Waals surface area contributed by atoms with Crippen molar-refractivity contribution in [2.24, 2.45) is 0 Å². The minimum Gasteiger partial charge on any atom is -0.456 e. The number of nitrogens with zero attached hydrogens (tertiary/aromatic N) is 3. The number of benzene rings is 24. The van der Waals surface area contributed by atoms with Crippen molar-refractivity contribution in [3.63, 3.8) is 0 Å². The zero-order chi connectivity index (χ0) is 98.2. The molecule has 1 heterocycles. The Hall–Kier alpha value is -19.6. The topological polar surface area (TPSA) is 59.0 Å². The molecule has 1 aromatic heterocycles. The zero-order valence-electron chi connectivity index (χ0n) is 80.9.